The summed E-state index contributed by atoms with van der Waals surface area (Å²) in [5, 5.41) is 0. The van der Waals surface area contributed by atoms with Crippen LogP contribution in [0.4, 0.5) is 0 Å². The lowest BCUT2D eigenvalue weighted by atomic mass is 9.98. The van der Waals surface area contributed by atoms with Crippen LogP contribution in [0.25, 0.3) is 5.65 Å². The van der Waals surface area contributed by atoms with Crippen LogP contribution in [0.3, 0.4) is 0 Å². The quantitative estimate of drug-likeness (QED) is 0.487. The Morgan fingerprint density at radius 3 is 3.09 bits per heavy atom. The summed E-state index contributed by atoms with van der Waals surface area (Å²) in [7, 11) is 5.69. The molecule has 0 aromatic carbocycles. The van der Waals surface area contributed by atoms with E-state index < -0.39 is 0 Å². The number of hydrogen-bond acceptors (Lipinski definition) is 1. The molecule has 0 saturated heterocycles. The lowest BCUT2D eigenvalue weighted by Crippen LogP contribution is -2.06. The van der Waals surface area contributed by atoms with Crippen LogP contribution >= 0.6 is 0 Å². The zero-order valence-corrected chi connectivity index (χ0v) is 6.28. The van der Waals surface area contributed by atoms with Gasteiger partial charge in [0.25, 0.3) is 0 Å². The molecule has 2 nitrogen and oxygen atoms in total. The van der Waals surface area contributed by atoms with E-state index in [1.807, 2.05) is 35.9 Å². The smallest absolute Gasteiger partial charge is 0.129 e. The summed E-state index contributed by atoms with van der Waals surface area (Å²) < 4.78 is 1.97. The molecule has 0 fully saturated rings. The molecule has 2 heterocycles. The third-order valence-corrected chi connectivity index (χ3v) is 1.75. The molecule has 2 aromatic heterocycles. The molecular formula is C8H7BN2. The van der Waals surface area contributed by atoms with E-state index in [1.165, 1.54) is 0 Å². The highest BCUT2D eigenvalue weighted by Gasteiger charge is 1.98. The van der Waals surface area contributed by atoms with Gasteiger partial charge in [0, 0.05) is 18.1 Å². The maximum atomic E-state index is 5.69. The first-order valence-electron chi connectivity index (χ1n) is 3.47. The van der Waals surface area contributed by atoms with E-state index >= 15 is 0 Å². The molecule has 0 aliphatic heterocycles. The van der Waals surface area contributed by atoms with Gasteiger partial charge in [-0.25, -0.2) is 4.98 Å². The Kier molecular flexibility index (Phi) is 1.25. The molecule has 0 aliphatic carbocycles. The molecule has 0 unspecified atom stereocenters. The number of aromatic nitrogens is 2. The van der Waals surface area contributed by atoms with Crippen molar-refractivity contribution in [3.63, 3.8) is 0 Å². The van der Waals surface area contributed by atoms with Gasteiger partial charge >= 0.3 is 0 Å². The Morgan fingerprint density at radius 2 is 2.36 bits per heavy atom. The van der Waals surface area contributed by atoms with E-state index in [2.05, 4.69) is 4.98 Å². The van der Waals surface area contributed by atoms with E-state index in [-0.39, 0.29) is 0 Å². The molecule has 2 aromatic rings. The molecule has 11 heavy (non-hydrogen) atoms. The molecule has 0 saturated carbocycles. The summed E-state index contributed by atoms with van der Waals surface area (Å²) in [5.41, 5.74) is 2.66. The summed E-state index contributed by atoms with van der Waals surface area (Å²) in [6, 6.07) is 3.76. The van der Waals surface area contributed by atoms with Crippen LogP contribution in [0.2, 0.25) is 0 Å². The van der Waals surface area contributed by atoms with Crippen LogP contribution < -0.4 is 5.46 Å². The van der Waals surface area contributed by atoms with Crippen LogP contribution in [0.1, 0.15) is 5.69 Å². The SMILES string of the molecule is [B]c1cccn2c(C)cnc12. The number of aryl methyl sites for hydroxylation is 1. The molecule has 0 bridgehead atoms. The largest absolute Gasteiger partial charge is 0.305 e. The Bertz CT molecular complexity index is 392. The van der Waals surface area contributed by atoms with Gasteiger partial charge in [-0.15, -0.1) is 0 Å². The predicted molar refractivity (Wildman–Crippen MR) is 45.3 cm³/mol. The third-order valence-electron chi connectivity index (χ3n) is 1.75. The summed E-state index contributed by atoms with van der Waals surface area (Å²) in [4.78, 5) is 4.16. The standard InChI is InChI=1S/C8H7BN2/c1-6-5-10-8-7(9)3-2-4-11(6)8/h2-5H,1H3. The molecule has 0 spiro atoms. The number of imidazole rings is 1. The van der Waals surface area contributed by atoms with Crippen molar-refractivity contribution >= 4 is 19.0 Å². The van der Waals surface area contributed by atoms with Gasteiger partial charge < -0.3 is 4.40 Å². The average Bonchev–Trinajstić information content (AvgIpc) is 2.35. The van der Waals surface area contributed by atoms with Crippen molar-refractivity contribution in [3.05, 3.63) is 30.2 Å². The molecule has 0 aliphatic rings. The predicted octanol–water partition coefficient (Wildman–Crippen LogP) is 0.437. The van der Waals surface area contributed by atoms with Gasteiger partial charge in [-0.3, -0.25) is 0 Å². The Hall–Kier alpha value is -1.25. The molecule has 3 heteroatoms. The van der Waals surface area contributed by atoms with Gasteiger partial charge in [0.05, 0.1) is 0 Å². The van der Waals surface area contributed by atoms with Crippen molar-refractivity contribution in [2.24, 2.45) is 0 Å². The van der Waals surface area contributed by atoms with Crippen molar-refractivity contribution in [1.82, 2.24) is 9.38 Å². The van der Waals surface area contributed by atoms with E-state index in [0.717, 1.165) is 16.8 Å². The monoisotopic (exact) mass is 142 g/mol. The summed E-state index contributed by atoms with van der Waals surface area (Å²) in [5.74, 6) is 0. The van der Waals surface area contributed by atoms with Crippen LogP contribution in [0.5, 0.6) is 0 Å². The van der Waals surface area contributed by atoms with Gasteiger partial charge in [0.2, 0.25) is 0 Å². The second kappa shape index (κ2) is 2.12. The van der Waals surface area contributed by atoms with Gasteiger partial charge in [-0.2, -0.15) is 0 Å². The second-order valence-corrected chi connectivity index (χ2v) is 2.56. The maximum Gasteiger partial charge on any atom is 0.129 e. The van der Waals surface area contributed by atoms with E-state index in [1.54, 1.807) is 0 Å². The normalized spacial score (nSPS) is 10.6. The van der Waals surface area contributed by atoms with Crippen molar-refractivity contribution in [1.29, 1.82) is 0 Å². The fourth-order valence-corrected chi connectivity index (χ4v) is 1.16. The van der Waals surface area contributed by atoms with Crippen molar-refractivity contribution in [2.45, 2.75) is 6.92 Å². The van der Waals surface area contributed by atoms with Crippen LogP contribution in [0, 0.1) is 6.92 Å². The highest BCUT2D eigenvalue weighted by Crippen LogP contribution is 2.00. The molecule has 2 rings (SSSR count). The van der Waals surface area contributed by atoms with E-state index in [0.29, 0.717) is 0 Å². The summed E-state index contributed by atoms with van der Waals surface area (Å²) >= 11 is 0. The van der Waals surface area contributed by atoms with Crippen molar-refractivity contribution < 1.29 is 0 Å². The maximum absolute atomic E-state index is 5.69. The Balaban J connectivity index is 2.94. The molecular weight excluding hydrogens is 135 g/mol. The topological polar surface area (TPSA) is 17.3 Å². The number of hydrogen-bond donors (Lipinski definition) is 0. The Labute approximate surface area is 66.3 Å². The molecule has 2 radical (unpaired) electrons. The minimum Gasteiger partial charge on any atom is -0.305 e. The fraction of sp³-hybridized carbons (Fsp3) is 0.125. The molecule has 0 amide bonds. The van der Waals surface area contributed by atoms with Gasteiger partial charge in [0.1, 0.15) is 13.5 Å². The first kappa shape index (κ1) is 6.46. The third kappa shape index (κ3) is 0.844. The number of fused-ring (bicyclic) bond motifs is 1. The highest BCUT2D eigenvalue weighted by atomic mass is 15.0. The average molecular weight is 142 g/mol. The van der Waals surface area contributed by atoms with Crippen LogP contribution in [0.15, 0.2) is 24.5 Å². The molecule has 52 valence electrons. The molecule has 0 N–H and O–H groups in total. The first-order chi connectivity index (χ1) is 5.29. The van der Waals surface area contributed by atoms with Crippen molar-refractivity contribution in [2.75, 3.05) is 0 Å². The van der Waals surface area contributed by atoms with Crippen LogP contribution in [-0.4, -0.2) is 17.2 Å². The second-order valence-electron chi connectivity index (χ2n) is 2.56. The summed E-state index contributed by atoms with van der Waals surface area (Å²) in [6.45, 7) is 2.00. The number of nitrogens with zero attached hydrogens (tertiary/aromatic N) is 2. The summed E-state index contributed by atoms with van der Waals surface area (Å²) in [6.07, 6.45) is 3.76. The van der Waals surface area contributed by atoms with Crippen LogP contribution in [-0.2, 0) is 0 Å². The lowest BCUT2D eigenvalue weighted by molar-refractivity contribution is 1.12. The minimum absolute atomic E-state index is 0.723. The fourth-order valence-electron chi connectivity index (χ4n) is 1.16. The van der Waals surface area contributed by atoms with Gasteiger partial charge in [0.15, 0.2) is 0 Å². The molecule has 0 atom stereocenters. The number of rotatable bonds is 0. The zero-order valence-electron chi connectivity index (χ0n) is 6.28. The van der Waals surface area contributed by atoms with E-state index in [9.17, 15) is 0 Å². The van der Waals surface area contributed by atoms with E-state index in [4.69, 9.17) is 7.85 Å². The minimum atomic E-state index is 0.723. The van der Waals surface area contributed by atoms with Gasteiger partial charge in [-0.1, -0.05) is 11.5 Å². The highest BCUT2D eigenvalue weighted by molar-refractivity contribution is 6.36. The number of pyridine rings is 1. The lowest BCUT2D eigenvalue weighted by Gasteiger charge is -1.97. The van der Waals surface area contributed by atoms with Crippen molar-refractivity contribution in [3.8, 4) is 0 Å². The first-order valence-corrected chi connectivity index (χ1v) is 3.47. The zero-order chi connectivity index (χ0) is 7.84. The van der Waals surface area contributed by atoms with Gasteiger partial charge in [-0.05, 0) is 13.0 Å². The Morgan fingerprint density at radius 1 is 1.55 bits per heavy atom.